The van der Waals surface area contributed by atoms with Crippen molar-refractivity contribution in [3.8, 4) is 23.0 Å². The molecule has 0 aromatic heterocycles. The fraction of sp³-hybridized carbons (Fsp3) is 0.381. The number of aliphatic hydroxyl groups is 1. The number of carbonyl (C=O) groups is 1. The Morgan fingerprint density at radius 1 is 1.04 bits per heavy atom. The molecule has 2 aliphatic heterocycles. The Labute approximate surface area is 161 Å². The number of ether oxygens (including phenoxy) is 5. The van der Waals surface area contributed by atoms with Crippen molar-refractivity contribution < 1.29 is 33.6 Å². The van der Waals surface area contributed by atoms with E-state index in [4.69, 9.17) is 23.7 Å². The summed E-state index contributed by atoms with van der Waals surface area (Å²) in [6.07, 6.45) is 0.610. The molecule has 0 radical (unpaired) electrons. The first kappa shape index (κ1) is 17.2. The minimum atomic E-state index is -1.58. The van der Waals surface area contributed by atoms with Crippen LogP contribution in [0.3, 0.4) is 0 Å². The molecule has 1 aliphatic carbocycles. The molecule has 0 saturated carbocycles. The highest BCUT2D eigenvalue weighted by Gasteiger charge is 2.57. The third kappa shape index (κ3) is 2.22. The first-order valence-electron chi connectivity index (χ1n) is 9.10. The quantitative estimate of drug-likeness (QED) is 0.811. The fourth-order valence-electron chi connectivity index (χ4n) is 4.62. The lowest BCUT2D eigenvalue weighted by Gasteiger charge is -2.41. The summed E-state index contributed by atoms with van der Waals surface area (Å²) >= 11 is 0. The summed E-state index contributed by atoms with van der Waals surface area (Å²) in [6, 6.07) is 8.87. The predicted molar refractivity (Wildman–Crippen MR) is 96.8 cm³/mol. The van der Waals surface area contributed by atoms with E-state index in [2.05, 4.69) is 0 Å². The molecule has 3 aliphatic rings. The van der Waals surface area contributed by atoms with Crippen molar-refractivity contribution in [2.75, 3.05) is 27.6 Å². The molecule has 5 rings (SSSR count). The van der Waals surface area contributed by atoms with Crippen LogP contribution < -0.4 is 18.9 Å². The van der Waals surface area contributed by atoms with Crippen LogP contribution in [0.5, 0.6) is 23.0 Å². The standard InChI is InChI=1S/C21H20O7/c1-24-16-6-11-5-12-9-26-20(22)19(12)21(23,14(11)8-17(16)25-2)13-3-4-15-18(7-13)28-10-27-15/h3-4,6-8,12,19,23H,5,9-10H2,1-2H3/t12-,19-,21-/m0/s1. The van der Waals surface area contributed by atoms with E-state index in [1.54, 1.807) is 38.5 Å². The zero-order valence-electron chi connectivity index (χ0n) is 15.6. The molecule has 146 valence electrons. The van der Waals surface area contributed by atoms with Gasteiger partial charge in [0.05, 0.1) is 20.8 Å². The van der Waals surface area contributed by atoms with Crippen molar-refractivity contribution in [1.29, 1.82) is 0 Å². The van der Waals surface area contributed by atoms with E-state index in [9.17, 15) is 9.90 Å². The van der Waals surface area contributed by atoms with Gasteiger partial charge in [0.15, 0.2) is 23.0 Å². The Morgan fingerprint density at radius 3 is 2.57 bits per heavy atom. The number of methoxy groups -OCH3 is 2. The average Bonchev–Trinajstić information content (AvgIpc) is 3.33. The first-order chi connectivity index (χ1) is 13.6. The number of benzene rings is 2. The second kappa shape index (κ2) is 6.04. The fourth-order valence-corrected chi connectivity index (χ4v) is 4.62. The smallest absolute Gasteiger partial charge is 0.313 e. The van der Waals surface area contributed by atoms with Gasteiger partial charge >= 0.3 is 5.97 Å². The summed E-state index contributed by atoms with van der Waals surface area (Å²) in [5.74, 6) is 0.989. The number of rotatable bonds is 3. The maximum Gasteiger partial charge on any atom is 0.313 e. The molecule has 3 atom stereocenters. The largest absolute Gasteiger partial charge is 0.493 e. The van der Waals surface area contributed by atoms with Gasteiger partial charge in [-0.25, -0.2) is 0 Å². The van der Waals surface area contributed by atoms with E-state index in [0.29, 0.717) is 40.5 Å². The SMILES string of the molecule is COc1cc2c(cc1OC)[C@@](O)(c1ccc3c(c1)OCO3)[C@@H]1C(=O)OC[C@@H]1C2. The zero-order chi connectivity index (χ0) is 19.5. The van der Waals surface area contributed by atoms with Gasteiger partial charge < -0.3 is 28.8 Å². The van der Waals surface area contributed by atoms with E-state index < -0.39 is 17.5 Å². The van der Waals surface area contributed by atoms with Gasteiger partial charge in [-0.2, -0.15) is 0 Å². The van der Waals surface area contributed by atoms with Crippen LogP contribution in [0, 0.1) is 11.8 Å². The molecule has 28 heavy (non-hydrogen) atoms. The monoisotopic (exact) mass is 384 g/mol. The lowest BCUT2D eigenvalue weighted by Crippen LogP contribution is -2.46. The number of cyclic esters (lactones) is 1. The van der Waals surface area contributed by atoms with Crippen molar-refractivity contribution >= 4 is 5.97 Å². The minimum Gasteiger partial charge on any atom is -0.493 e. The predicted octanol–water partition coefficient (Wildman–Crippen LogP) is 2.01. The molecule has 0 spiro atoms. The first-order valence-corrected chi connectivity index (χ1v) is 9.10. The summed E-state index contributed by atoms with van der Waals surface area (Å²) in [5, 5.41) is 12.1. The van der Waals surface area contributed by atoms with Crippen molar-refractivity contribution in [3.63, 3.8) is 0 Å². The van der Waals surface area contributed by atoms with E-state index in [1.807, 2.05) is 6.07 Å². The lowest BCUT2D eigenvalue weighted by atomic mass is 9.64. The van der Waals surface area contributed by atoms with Gasteiger partial charge in [0.25, 0.3) is 0 Å². The lowest BCUT2D eigenvalue weighted by molar-refractivity contribution is -0.148. The van der Waals surface area contributed by atoms with Crippen LogP contribution in [0.4, 0.5) is 0 Å². The Balaban J connectivity index is 1.75. The summed E-state index contributed by atoms with van der Waals surface area (Å²) in [6.45, 7) is 0.414. The Kier molecular flexibility index (Phi) is 3.71. The highest BCUT2D eigenvalue weighted by Crippen LogP contribution is 2.53. The molecule has 7 nitrogen and oxygen atoms in total. The van der Waals surface area contributed by atoms with E-state index in [-0.39, 0.29) is 19.3 Å². The van der Waals surface area contributed by atoms with Gasteiger partial charge in [-0.3, -0.25) is 4.79 Å². The maximum absolute atomic E-state index is 12.6. The molecule has 2 heterocycles. The van der Waals surface area contributed by atoms with Gasteiger partial charge in [0.1, 0.15) is 11.5 Å². The van der Waals surface area contributed by atoms with Crippen LogP contribution in [-0.4, -0.2) is 38.7 Å². The Hall–Kier alpha value is -2.93. The van der Waals surface area contributed by atoms with Crippen molar-refractivity contribution in [2.45, 2.75) is 12.0 Å². The van der Waals surface area contributed by atoms with Crippen LogP contribution in [0.1, 0.15) is 16.7 Å². The molecule has 1 N–H and O–H groups in total. The maximum atomic E-state index is 12.6. The second-order valence-electron chi connectivity index (χ2n) is 7.27. The number of hydrogen-bond acceptors (Lipinski definition) is 7. The summed E-state index contributed by atoms with van der Waals surface area (Å²) in [4.78, 5) is 12.6. The van der Waals surface area contributed by atoms with Gasteiger partial charge in [-0.1, -0.05) is 6.07 Å². The number of carbonyl (C=O) groups excluding carboxylic acids is 1. The van der Waals surface area contributed by atoms with Crippen molar-refractivity contribution in [2.24, 2.45) is 11.8 Å². The minimum absolute atomic E-state index is 0.131. The van der Waals surface area contributed by atoms with E-state index in [0.717, 1.165) is 5.56 Å². The van der Waals surface area contributed by atoms with Crippen LogP contribution in [0.15, 0.2) is 30.3 Å². The molecule has 0 amide bonds. The van der Waals surface area contributed by atoms with Crippen molar-refractivity contribution in [1.82, 2.24) is 0 Å². The van der Waals surface area contributed by atoms with Gasteiger partial charge in [0, 0.05) is 5.92 Å². The van der Waals surface area contributed by atoms with E-state index in [1.165, 1.54) is 0 Å². The number of esters is 1. The van der Waals surface area contributed by atoms with Gasteiger partial charge in [-0.05, 0) is 47.4 Å². The zero-order valence-corrected chi connectivity index (χ0v) is 15.6. The number of hydrogen-bond donors (Lipinski definition) is 1. The normalized spacial score (nSPS) is 27.0. The van der Waals surface area contributed by atoms with Crippen LogP contribution in [0.25, 0.3) is 0 Å². The molecular weight excluding hydrogens is 364 g/mol. The topological polar surface area (TPSA) is 83.5 Å². The van der Waals surface area contributed by atoms with Gasteiger partial charge in [-0.15, -0.1) is 0 Å². The third-order valence-corrected chi connectivity index (χ3v) is 5.93. The number of fused-ring (bicyclic) bond motifs is 3. The second-order valence-corrected chi connectivity index (χ2v) is 7.27. The molecule has 1 fully saturated rings. The van der Waals surface area contributed by atoms with Gasteiger partial charge in [0.2, 0.25) is 6.79 Å². The molecule has 0 unspecified atom stereocenters. The van der Waals surface area contributed by atoms with Crippen LogP contribution >= 0.6 is 0 Å². The highest BCUT2D eigenvalue weighted by molar-refractivity contribution is 5.79. The molecule has 0 bridgehead atoms. The molecule has 2 aromatic rings. The average molecular weight is 384 g/mol. The summed E-state index contributed by atoms with van der Waals surface area (Å²) in [7, 11) is 3.11. The van der Waals surface area contributed by atoms with E-state index >= 15 is 0 Å². The van der Waals surface area contributed by atoms with Crippen LogP contribution in [-0.2, 0) is 21.6 Å². The van der Waals surface area contributed by atoms with Crippen molar-refractivity contribution in [3.05, 3.63) is 47.0 Å². The Bertz CT molecular complexity index is 969. The molecule has 7 heteroatoms. The van der Waals surface area contributed by atoms with Crippen LogP contribution in [0.2, 0.25) is 0 Å². The summed E-state index contributed by atoms with van der Waals surface area (Å²) < 4.78 is 27.1. The molecular formula is C21H20O7. The Morgan fingerprint density at radius 2 is 1.79 bits per heavy atom. The highest BCUT2D eigenvalue weighted by atomic mass is 16.7. The third-order valence-electron chi connectivity index (χ3n) is 5.93. The summed E-state index contributed by atoms with van der Waals surface area (Å²) in [5.41, 5.74) is 0.493. The molecule has 2 aromatic carbocycles. The molecule has 1 saturated heterocycles.